The van der Waals surface area contributed by atoms with Crippen molar-refractivity contribution in [1.29, 1.82) is 0 Å². The van der Waals surface area contributed by atoms with E-state index >= 15 is 0 Å². The van der Waals surface area contributed by atoms with Gasteiger partial charge in [-0.1, -0.05) is 6.58 Å². The summed E-state index contributed by atoms with van der Waals surface area (Å²) in [5.74, 6) is -1.62. The fraction of sp³-hybridized carbons (Fsp3) is 0.364. The van der Waals surface area contributed by atoms with E-state index in [0.29, 0.717) is 0 Å². The summed E-state index contributed by atoms with van der Waals surface area (Å²) in [5.41, 5.74) is -1.49. The third-order valence-corrected chi connectivity index (χ3v) is 2.47. The number of carboxylic acids is 1. The van der Waals surface area contributed by atoms with Crippen LogP contribution in [0.4, 0.5) is 0 Å². The van der Waals surface area contributed by atoms with Crippen molar-refractivity contribution in [2.75, 3.05) is 0 Å². The van der Waals surface area contributed by atoms with E-state index in [4.69, 9.17) is 5.11 Å². The maximum absolute atomic E-state index is 11.7. The van der Waals surface area contributed by atoms with Crippen molar-refractivity contribution < 1.29 is 19.8 Å². The number of aliphatic hydroxyl groups is 1. The Hall–Kier alpha value is -1.95. The van der Waals surface area contributed by atoms with E-state index in [2.05, 4.69) is 11.6 Å². The van der Waals surface area contributed by atoms with Gasteiger partial charge in [0.25, 0.3) is 0 Å². The summed E-state index contributed by atoms with van der Waals surface area (Å²) >= 11 is 0. The molecule has 0 unspecified atom stereocenters. The second kappa shape index (κ2) is 4.92. The standard InChI is InChI=1S/C11H14N2O4/c1-8(2)11(17,6-10(15)16)5-9(14)13-4-3-12-7-13/h3-4,7,17H,1,5-6H2,2H3,(H,15,16)/t11-/m0/s1. The summed E-state index contributed by atoms with van der Waals surface area (Å²) in [5, 5.41) is 18.8. The van der Waals surface area contributed by atoms with Gasteiger partial charge in [0.2, 0.25) is 5.91 Å². The van der Waals surface area contributed by atoms with Crippen LogP contribution < -0.4 is 0 Å². The van der Waals surface area contributed by atoms with Gasteiger partial charge in [-0.3, -0.25) is 14.2 Å². The molecule has 17 heavy (non-hydrogen) atoms. The largest absolute Gasteiger partial charge is 0.481 e. The number of imidazole rings is 1. The first kappa shape index (κ1) is 13.1. The minimum absolute atomic E-state index is 0.244. The summed E-state index contributed by atoms with van der Waals surface area (Å²) in [6.45, 7) is 5.01. The SMILES string of the molecule is C=C(C)[C@@](O)(CC(=O)O)CC(=O)n1ccnc1. The van der Waals surface area contributed by atoms with Crippen LogP contribution in [0.1, 0.15) is 24.6 Å². The number of aliphatic carboxylic acids is 1. The lowest BCUT2D eigenvalue weighted by atomic mass is 9.88. The Morgan fingerprint density at radius 2 is 2.12 bits per heavy atom. The third-order valence-electron chi connectivity index (χ3n) is 2.47. The Labute approximate surface area is 98.2 Å². The molecular weight excluding hydrogens is 224 g/mol. The van der Waals surface area contributed by atoms with Gasteiger partial charge in [-0.05, 0) is 12.5 Å². The van der Waals surface area contributed by atoms with Crippen molar-refractivity contribution >= 4 is 11.9 Å². The van der Waals surface area contributed by atoms with Crippen LogP contribution in [-0.4, -0.2) is 37.2 Å². The summed E-state index contributed by atoms with van der Waals surface area (Å²) in [4.78, 5) is 26.1. The van der Waals surface area contributed by atoms with Crippen LogP contribution in [0.25, 0.3) is 0 Å². The van der Waals surface area contributed by atoms with Crippen LogP contribution in [0.3, 0.4) is 0 Å². The molecule has 1 heterocycles. The normalized spacial score (nSPS) is 14.0. The molecule has 0 bridgehead atoms. The molecule has 1 rings (SSSR count). The topological polar surface area (TPSA) is 92.4 Å². The van der Waals surface area contributed by atoms with Crippen molar-refractivity contribution in [2.45, 2.75) is 25.4 Å². The van der Waals surface area contributed by atoms with Crippen LogP contribution in [0, 0.1) is 0 Å². The highest BCUT2D eigenvalue weighted by Crippen LogP contribution is 2.24. The fourth-order valence-electron chi connectivity index (χ4n) is 1.36. The first-order valence-electron chi connectivity index (χ1n) is 4.96. The zero-order chi connectivity index (χ0) is 13.1. The minimum Gasteiger partial charge on any atom is -0.481 e. The summed E-state index contributed by atoms with van der Waals surface area (Å²) in [6.07, 6.45) is 3.26. The van der Waals surface area contributed by atoms with Gasteiger partial charge in [-0.15, -0.1) is 0 Å². The van der Waals surface area contributed by atoms with E-state index in [0.717, 1.165) is 0 Å². The Balaban J connectivity index is 2.84. The number of carbonyl (C=O) groups excluding carboxylic acids is 1. The van der Waals surface area contributed by atoms with E-state index < -0.39 is 23.9 Å². The maximum atomic E-state index is 11.7. The quantitative estimate of drug-likeness (QED) is 0.736. The molecule has 0 spiro atoms. The molecule has 2 N–H and O–H groups in total. The smallest absolute Gasteiger partial charge is 0.306 e. The van der Waals surface area contributed by atoms with Crippen LogP contribution >= 0.6 is 0 Å². The van der Waals surface area contributed by atoms with E-state index in [1.807, 2.05) is 0 Å². The number of aromatic nitrogens is 2. The fourth-order valence-corrected chi connectivity index (χ4v) is 1.36. The summed E-state index contributed by atoms with van der Waals surface area (Å²) in [6, 6.07) is 0. The molecule has 1 aromatic heterocycles. The summed E-state index contributed by atoms with van der Waals surface area (Å²) in [7, 11) is 0. The molecule has 6 nitrogen and oxygen atoms in total. The zero-order valence-electron chi connectivity index (χ0n) is 9.46. The van der Waals surface area contributed by atoms with Gasteiger partial charge >= 0.3 is 5.97 Å². The second-order valence-electron chi connectivity index (χ2n) is 3.92. The number of carboxylic acid groups (broad SMARTS) is 1. The molecule has 0 aliphatic carbocycles. The molecule has 1 atom stereocenters. The van der Waals surface area contributed by atoms with Crippen molar-refractivity contribution in [1.82, 2.24) is 9.55 Å². The van der Waals surface area contributed by atoms with Crippen LogP contribution in [0.2, 0.25) is 0 Å². The van der Waals surface area contributed by atoms with Gasteiger partial charge in [0, 0.05) is 12.4 Å². The first-order valence-corrected chi connectivity index (χ1v) is 4.96. The average Bonchev–Trinajstić information content (AvgIpc) is 2.68. The monoisotopic (exact) mass is 238 g/mol. The van der Waals surface area contributed by atoms with Crippen molar-refractivity contribution in [2.24, 2.45) is 0 Å². The lowest BCUT2D eigenvalue weighted by Gasteiger charge is -2.26. The van der Waals surface area contributed by atoms with Gasteiger partial charge in [0.15, 0.2) is 0 Å². The van der Waals surface area contributed by atoms with E-state index in [1.165, 1.54) is 30.2 Å². The zero-order valence-corrected chi connectivity index (χ0v) is 9.46. The molecule has 92 valence electrons. The number of hydrogen-bond donors (Lipinski definition) is 2. The van der Waals surface area contributed by atoms with Crippen LogP contribution in [0.15, 0.2) is 30.9 Å². The van der Waals surface area contributed by atoms with E-state index in [1.54, 1.807) is 0 Å². The molecular formula is C11H14N2O4. The Morgan fingerprint density at radius 3 is 2.53 bits per heavy atom. The first-order chi connectivity index (χ1) is 7.85. The van der Waals surface area contributed by atoms with Gasteiger partial charge in [-0.2, -0.15) is 0 Å². The van der Waals surface area contributed by atoms with Gasteiger partial charge in [0.1, 0.15) is 11.9 Å². The Morgan fingerprint density at radius 1 is 1.47 bits per heavy atom. The number of carbonyl (C=O) groups is 2. The van der Waals surface area contributed by atoms with Gasteiger partial charge in [-0.25, -0.2) is 4.98 Å². The molecule has 0 aromatic carbocycles. The number of nitrogens with zero attached hydrogens (tertiary/aromatic N) is 2. The molecule has 1 aromatic rings. The molecule has 0 saturated heterocycles. The van der Waals surface area contributed by atoms with Crippen LogP contribution in [-0.2, 0) is 4.79 Å². The molecule has 0 fully saturated rings. The Bertz CT molecular complexity index is 438. The van der Waals surface area contributed by atoms with Crippen molar-refractivity contribution in [3.05, 3.63) is 30.9 Å². The number of hydrogen-bond acceptors (Lipinski definition) is 4. The predicted molar refractivity (Wildman–Crippen MR) is 59.5 cm³/mol. The molecule has 6 heteroatoms. The lowest BCUT2D eigenvalue weighted by Crippen LogP contribution is -2.36. The highest BCUT2D eigenvalue weighted by Gasteiger charge is 2.34. The highest BCUT2D eigenvalue weighted by molar-refractivity contribution is 5.81. The number of rotatable bonds is 5. The van der Waals surface area contributed by atoms with E-state index in [-0.39, 0.29) is 12.0 Å². The van der Waals surface area contributed by atoms with Crippen LogP contribution in [0.5, 0.6) is 0 Å². The summed E-state index contributed by atoms with van der Waals surface area (Å²) < 4.78 is 1.19. The highest BCUT2D eigenvalue weighted by atomic mass is 16.4. The molecule has 0 amide bonds. The molecule has 0 aliphatic heterocycles. The van der Waals surface area contributed by atoms with E-state index in [9.17, 15) is 14.7 Å². The van der Waals surface area contributed by atoms with Gasteiger partial charge < -0.3 is 10.2 Å². The second-order valence-corrected chi connectivity index (χ2v) is 3.92. The van der Waals surface area contributed by atoms with Crippen molar-refractivity contribution in [3.63, 3.8) is 0 Å². The Kier molecular flexibility index (Phi) is 3.80. The molecule has 0 radical (unpaired) electrons. The predicted octanol–water partition coefficient (Wildman–Crippen LogP) is 0.695. The third kappa shape index (κ3) is 3.25. The molecule has 0 saturated carbocycles. The molecule has 0 aliphatic rings. The van der Waals surface area contributed by atoms with Gasteiger partial charge in [0.05, 0.1) is 12.8 Å². The lowest BCUT2D eigenvalue weighted by molar-refractivity contribution is -0.141. The maximum Gasteiger partial charge on any atom is 0.306 e. The van der Waals surface area contributed by atoms with Crippen molar-refractivity contribution in [3.8, 4) is 0 Å². The minimum atomic E-state index is -1.73. The average molecular weight is 238 g/mol.